The van der Waals surface area contributed by atoms with E-state index in [1.165, 1.54) is 0 Å². The lowest BCUT2D eigenvalue weighted by atomic mass is 10.1. The van der Waals surface area contributed by atoms with Crippen LogP contribution in [-0.2, 0) is 0 Å². The van der Waals surface area contributed by atoms with Crippen molar-refractivity contribution in [3.63, 3.8) is 0 Å². The first-order valence-corrected chi connectivity index (χ1v) is 7.01. The smallest absolute Gasteiger partial charge is 0.138 e. The fourth-order valence-corrected chi connectivity index (χ4v) is 1.68. The molecule has 0 aromatic heterocycles. The molecule has 106 valence electrons. The summed E-state index contributed by atoms with van der Waals surface area (Å²) in [5.74, 6) is 0.917. The number of rotatable bonds is 8. The topological polar surface area (TPSA) is 66.0 Å². The van der Waals surface area contributed by atoms with Crippen LogP contribution in [0.4, 0.5) is 0 Å². The molecule has 0 fully saturated rings. The molecule has 0 radical (unpaired) electrons. The molecular weight excluding hydrogens is 252 g/mol. The van der Waals surface area contributed by atoms with Gasteiger partial charge >= 0.3 is 0 Å². The standard InChI is InChI=1S/C16H20N2O2/c1-3-5-9-19-15-7-8-16(20-10-6-4-2)14(12-18)13(15)11-17/h7-8H,3-6,9-10H2,1-2H3. The molecule has 0 aliphatic carbocycles. The van der Waals surface area contributed by atoms with Gasteiger partial charge in [0.15, 0.2) is 0 Å². The molecule has 0 aliphatic heterocycles. The quantitative estimate of drug-likeness (QED) is 0.675. The van der Waals surface area contributed by atoms with Crippen LogP contribution in [0.5, 0.6) is 11.5 Å². The van der Waals surface area contributed by atoms with Gasteiger partial charge in [0.1, 0.15) is 34.8 Å². The molecule has 0 N–H and O–H groups in total. The molecule has 0 aliphatic rings. The van der Waals surface area contributed by atoms with Gasteiger partial charge in [0, 0.05) is 0 Å². The number of ether oxygens (including phenoxy) is 2. The van der Waals surface area contributed by atoms with Gasteiger partial charge in [0.05, 0.1) is 13.2 Å². The molecule has 4 nitrogen and oxygen atoms in total. The molecule has 1 rings (SSSR count). The molecule has 1 aromatic carbocycles. The van der Waals surface area contributed by atoms with E-state index in [-0.39, 0.29) is 11.1 Å². The summed E-state index contributed by atoms with van der Waals surface area (Å²) >= 11 is 0. The van der Waals surface area contributed by atoms with E-state index in [1.54, 1.807) is 12.1 Å². The molecule has 0 saturated heterocycles. The van der Waals surface area contributed by atoms with Crippen molar-refractivity contribution in [2.75, 3.05) is 13.2 Å². The Hall–Kier alpha value is -2.20. The van der Waals surface area contributed by atoms with Crippen LogP contribution < -0.4 is 9.47 Å². The summed E-state index contributed by atoms with van der Waals surface area (Å²) in [6.07, 6.45) is 3.87. The van der Waals surface area contributed by atoms with Crippen molar-refractivity contribution in [1.29, 1.82) is 10.5 Å². The third kappa shape index (κ3) is 4.17. The van der Waals surface area contributed by atoms with E-state index < -0.39 is 0 Å². The summed E-state index contributed by atoms with van der Waals surface area (Å²) in [7, 11) is 0. The van der Waals surface area contributed by atoms with Gasteiger partial charge in [-0.25, -0.2) is 0 Å². The maximum absolute atomic E-state index is 9.25. The normalized spacial score (nSPS) is 9.60. The lowest BCUT2D eigenvalue weighted by Gasteiger charge is -2.12. The highest BCUT2D eigenvalue weighted by Crippen LogP contribution is 2.29. The van der Waals surface area contributed by atoms with E-state index in [9.17, 15) is 10.5 Å². The van der Waals surface area contributed by atoms with Crippen molar-refractivity contribution in [3.05, 3.63) is 23.3 Å². The molecule has 0 amide bonds. The maximum Gasteiger partial charge on any atom is 0.138 e. The Morgan fingerprint density at radius 1 is 0.850 bits per heavy atom. The molecule has 0 spiro atoms. The van der Waals surface area contributed by atoms with Crippen LogP contribution >= 0.6 is 0 Å². The molecule has 0 saturated carbocycles. The van der Waals surface area contributed by atoms with E-state index in [0.717, 1.165) is 25.7 Å². The number of hydrogen-bond acceptors (Lipinski definition) is 4. The van der Waals surface area contributed by atoms with E-state index in [0.29, 0.717) is 24.7 Å². The van der Waals surface area contributed by atoms with Crippen LogP contribution in [0.1, 0.15) is 50.7 Å². The van der Waals surface area contributed by atoms with Crippen LogP contribution in [-0.4, -0.2) is 13.2 Å². The fourth-order valence-electron chi connectivity index (χ4n) is 1.68. The average Bonchev–Trinajstić information content (AvgIpc) is 2.48. The largest absolute Gasteiger partial charge is 0.492 e. The number of hydrogen-bond donors (Lipinski definition) is 0. The SMILES string of the molecule is CCCCOc1ccc(OCCCC)c(C#N)c1C#N. The van der Waals surface area contributed by atoms with Gasteiger partial charge in [-0.05, 0) is 25.0 Å². The lowest BCUT2D eigenvalue weighted by molar-refractivity contribution is 0.299. The molecule has 0 heterocycles. The van der Waals surface area contributed by atoms with Gasteiger partial charge in [-0.2, -0.15) is 10.5 Å². The van der Waals surface area contributed by atoms with Crippen LogP contribution in [0.25, 0.3) is 0 Å². The van der Waals surface area contributed by atoms with Gasteiger partial charge in [-0.15, -0.1) is 0 Å². The fraction of sp³-hybridized carbons (Fsp3) is 0.500. The molecule has 0 bridgehead atoms. The Balaban J connectivity index is 2.95. The first-order valence-electron chi connectivity index (χ1n) is 7.01. The Morgan fingerprint density at radius 2 is 1.25 bits per heavy atom. The minimum absolute atomic E-state index is 0.262. The van der Waals surface area contributed by atoms with Gasteiger partial charge in [0.2, 0.25) is 0 Å². The molecule has 4 heteroatoms. The summed E-state index contributed by atoms with van der Waals surface area (Å²) < 4.78 is 11.1. The monoisotopic (exact) mass is 272 g/mol. The van der Waals surface area contributed by atoms with Crippen molar-refractivity contribution in [2.24, 2.45) is 0 Å². The van der Waals surface area contributed by atoms with E-state index in [1.807, 2.05) is 12.1 Å². The minimum atomic E-state index is 0.262. The van der Waals surface area contributed by atoms with Crippen LogP contribution in [0, 0.1) is 22.7 Å². The third-order valence-electron chi connectivity index (χ3n) is 2.86. The van der Waals surface area contributed by atoms with Crippen molar-refractivity contribution >= 4 is 0 Å². The second kappa shape index (κ2) is 8.82. The number of benzene rings is 1. The Morgan fingerprint density at radius 3 is 1.55 bits per heavy atom. The van der Waals surface area contributed by atoms with E-state index in [4.69, 9.17) is 9.47 Å². The first-order chi connectivity index (χ1) is 9.78. The maximum atomic E-state index is 9.25. The Bertz CT molecular complexity index is 465. The summed E-state index contributed by atoms with van der Waals surface area (Å²) in [6.45, 7) is 5.23. The predicted octanol–water partition coefficient (Wildman–Crippen LogP) is 3.79. The van der Waals surface area contributed by atoms with Gasteiger partial charge in [0.25, 0.3) is 0 Å². The minimum Gasteiger partial charge on any atom is -0.492 e. The molecule has 1 aromatic rings. The lowest BCUT2D eigenvalue weighted by Crippen LogP contribution is -2.03. The molecule has 0 atom stereocenters. The zero-order chi connectivity index (χ0) is 14.8. The van der Waals surface area contributed by atoms with Crippen LogP contribution in [0.15, 0.2) is 12.1 Å². The molecule has 20 heavy (non-hydrogen) atoms. The van der Waals surface area contributed by atoms with Gasteiger partial charge < -0.3 is 9.47 Å². The highest BCUT2D eigenvalue weighted by Gasteiger charge is 2.15. The average molecular weight is 272 g/mol. The number of nitrogens with zero attached hydrogens (tertiary/aromatic N) is 2. The Kier molecular flexibility index (Phi) is 7.00. The summed E-state index contributed by atoms with van der Waals surface area (Å²) in [6, 6.07) is 7.50. The van der Waals surface area contributed by atoms with Crippen molar-refractivity contribution < 1.29 is 9.47 Å². The van der Waals surface area contributed by atoms with Crippen molar-refractivity contribution in [1.82, 2.24) is 0 Å². The van der Waals surface area contributed by atoms with Gasteiger partial charge in [-0.3, -0.25) is 0 Å². The zero-order valence-corrected chi connectivity index (χ0v) is 12.1. The van der Waals surface area contributed by atoms with E-state index >= 15 is 0 Å². The molecular formula is C16H20N2O2. The van der Waals surface area contributed by atoms with E-state index in [2.05, 4.69) is 13.8 Å². The third-order valence-corrected chi connectivity index (χ3v) is 2.86. The zero-order valence-electron chi connectivity index (χ0n) is 12.1. The number of nitriles is 2. The summed E-state index contributed by atoms with van der Waals surface area (Å²) in [4.78, 5) is 0. The first kappa shape index (κ1) is 15.9. The van der Waals surface area contributed by atoms with Crippen molar-refractivity contribution in [2.45, 2.75) is 39.5 Å². The second-order valence-corrected chi connectivity index (χ2v) is 4.44. The highest BCUT2D eigenvalue weighted by molar-refractivity contribution is 5.60. The summed E-state index contributed by atoms with van der Waals surface area (Å²) in [5, 5.41) is 18.5. The van der Waals surface area contributed by atoms with Gasteiger partial charge in [-0.1, -0.05) is 26.7 Å². The predicted molar refractivity (Wildman–Crippen MR) is 76.7 cm³/mol. The van der Waals surface area contributed by atoms with Crippen LogP contribution in [0.2, 0.25) is 0 Å². The highest BCUT2D eigenvalue weighted by atomic mass is 16.5. The number of unbranched alkanes of at least 4 members (excludes halogenated alkanes) is 2. The summed E-state index contributed by atoms with van der Waals surface area (Å²) in [5.41, 5.74) is 0.523. The second-order valence-electron chi connectivity index (χ2n) is 4.44. The molecule has 0 unspecified atom stereocenters. The van der Waals surface area contributed by atoms with Crippen LogP contribution in [0.3, 0.4) is 0 Å². The van der Waals surface area contributed by atoms with Crippen molar-refractivity contribution in [3.8, 4) is 23.6 Å². The Labute approximate surface area is 120 Å².